The van der Waals surface area contributed by atoms with Crippen molar-refractivity contribution >= 4 is 28.3 Å². The highest BCUT2D eigenvalue weighted by molar-refractivity contribution is 5.95. The molecule has 0 bridgehead atoms. The Labute approximate surface area is 241 Å². The van der Waals surface area contributed by atoms with E-state index in [-0.39, 0.29) is 12.1 Å². The maximum absolute atomic E-state index is 12.5. The number of carbonyl (C=O) groups is 1. The van der Waals surface area contributed by atoms with Crippen molar-refractivity contribution < 1.29 is 14.3 Å². The number of amides is 1. The molecule has 212 valence electrons. The molecule has 0 saturated carbocycles. The fraction of sp³-hybridized carbons (Fsp3) is 0.424. The van der Waals surface area contributed by atoms with Crippen molar-refractivity contribution in [1.82, 2.24) is 14.8 Å². The number of benzene rings is 2. The number of pyridine rings is 1. The van der Waals surface area contributed by atoms with Crippen LogP contribution in [-0.2, 0) is 11.3 Å². The van der Waals surface area contributed by atoms with Crippen LogP contribution < -0.4 is 9.64 Å². The average molecular weight is 552 g/mol. The largest absolute Gasteiger partial charge is 0.492 e. The van der Waals surface area contributed by atoms with Gasteiger partial charge in [0.05, 0.1) is 17.1 Å². The van der Waals surface area contributed by atoms with Crippen molar-refractivity contribution in [3.05, 3.63) is 71.4 Å². The molecule has 3 aromatic rings. The summed E-state index contributed by atoms with van der Waals surface area (Å²) in [4.78, 5) is 23.7. The SMILES string of the molecule is C[C@@H]1CN(c2ccc(C#N)c3ncccc23)C[C@@H]2COc3cc(C4=CCN(C(=O)OC(C)(C)C)CC4)ccc3CN21. The lowest BCUT2D eigenvalue weighted by molar-refractivity contribution is 0.0270. The van der Waals surface area contributed by atoms with E-state index in [4.69, 9.17) is 9.47 Å². The minimum absolute atomic E-state index is 0.230. The molecule has 3 aliphatic heterocycles. The Morgan fingerprint density at radius 3 is 2.78 bits per heavy atom. The summed E-state index contributed by atoms with van der Waals surface area (Å²) in [5.74, 6) is 0.944. The molecular weight excluding hydrogens is 514 g/mol. The molecule has 1 amide bonds. The molecule has 8 heteroatoms. The summed E-state index contributed by atoms with van der Waals surface area (Å²) in [6.45, 7) is 12.3. The molecule has 2 aromatic carbocycles. The van der Waals surface area contributed by atoms with E-state index in [0.29, 0.717) is 31.3 Å². The topological polar surface area (TPSA) is 81.9 Å². The molecule has 0 spiro atoms. The van der Waals surface area contributed by atoms with Crippen molar-refractivity contribution in [3.63, 3.8) is 0 Å². The fourth-order valence-corrected chi connectivity index (χ4v) is 6.20. The van der Waals surface area contributed by atoms with Crippen LogP contribution in [0.1, 0.15) is 50.8 Å². The number of aromatic nitrogens is 1. The van der Waals surface area contributed by atoms with Gasteiger partial charge in [-0.15, -0.1) is 0 Å². The van der Waals surface area contributed by atoms with Crippen LogP contribution in [0.25, 0.3) is 16.5 Å². The van der Waals surface area contributed by atoms with Gasteiger partial charge in [-0.2, -0.15) is 5.26 Å². The third-order valence-corrected chi connectivity index (χ3v) is 8.24. The van der Waals surface area contributed by atoms with Crippen LogP contribution in [-0.4, -0.2) is 71.3 Å². The van der Waals surface area contributed by atoms with E-state index in [2.05, 4.69) is 64.2 Å². The Balaban J connectivity index is 1.18. The molecule has 6 rings (SSSR count). The van der Waals surface area contributed by atoms with Gasteiger partial charge in [0.15, 0.2) is 0 Å². The molecule has 8 nitrogen and oxygen atoms in total. The van der Waals surface area contributed by atoms with E-state index in [9.17, 15) is 10.1 Å². The average Bonchev–Trinajstić information content (AvgIpc) is 3.15. The van der Waals surface area contributed by atoms with Gasteiger partial charge in [-0.3, -0.25) is 9.88 Å². The number of hydrogen-bond donors (Lipinski definition) is 0. The second-order valence-electron chi connectivity index (χ2n) is 12.3. The third-order valence-electron chi connectivity index (χ3n) is 8.24. The molecular formula is C33H37N5O3. The van der Waals surface area contributed by atoms with E-state index in [1.807, 2.05) is 32.9 Å². The predicted molar refractivity (Wildman–Crippen MR) is 160 cm³/mol. The monoisotopic (exact) mass is 551 g/mol. The first-order valence-electron chi connectivity index (χ1n) is 14.4. The molecule has 3 aliphatic rings. The van der Waals surface area contributed by atoms with E-state index in [1.54, 1.807) is 11.1 Å². The van der Waals surface area contributed by atoms with Gasteiger partial charge < -0.3 is 19.3 Å². The van der Waals surface area contributed by atoms with Gasteiger partial charge in [0.2, 0.25) is 0 Å². The number of piperazine rings is 1. The van der Waals surface area contributed by atoms with Crippen LogP contribution in [0.15, 0.2) is 54.7 Å². The number of ether oxygens (including phenoxy) is 2. The van der Waals surface area contributed by atoms with Crippen LogP contribution in [0.3, 0.4) is 0 Å². The number of rotatable bonds is 2. The molecule has 2 atom stereocenters. The summed E-state index contributed by atoms with van der Waals surface area (Å²) in [5.41, 5.74) is 5.57. The number of fused-ring (bicyclic) bond motifs is 3. The van der Waals surface area contributed by atoms with E-state index < -0.39 is 5.60 Å². The molecule has 0 unspecified atom stereocenters. The third kappa shape index (κ3) is 5.47. The second kappa shape index (κ2) is 10.7. The van der Waals surface area contributed by atoms with Crippen LogP contribution in [0.2, 0.25) is 0 Å². The summed E-state index contributed by atoms with van der Waals surface area (Å²) in [5, 5.41) is 10.6. The molecule has 41 heavy (non-hydrogen) atoms. The summed E-state index contributed by atoms with van der Waals surface area (Å²) in [6, 6.07) is 17.3. The van der Waals surface area contributed by atoms with Gasteiger partial charge in [0.1, 0.15) is 24.0 Å². The summed E-state index contributed by atoms with van der Waals surface area (Å²) < 4.78 is 12.0. The fourth-order valence-electron chi connectivity index (χ4n) is 6.20. The molecule has 1 saturated heterocycles. The molecule has 1 aromatic heterocycles. The van der Waals surface area contributed by atoms with Crippen LogP contribution in [0.4, 0.5) is 10.5 Å². The van der Waals surface area contributed by atoms with Gasteiger partial charge in [0, 0.05) is 61.6 Å². The predicted octanol–water partition coefficient (Wildman–Crippen LogP) is 5.60. The minimum Gasteiger partial charge on any atom is -0.492 e. The Morgan fingerprint density at radius 1 is 1.17 bits per heavy atom. The Morgan fingerprint density at radius 2 is 2.02 bits per heavy atom. The van der Waals surface area contributed by atoms with Crippen LogP contribution in [0, 0.1) is 11.3 Å². The van der Waals surface area contributed by atoms with Gasteiger partial charge in [-0.05, 0) is 75.6 Å². The van der Waals surface area contributed by atoms with Crippen molar-refractivity contribution in [2.24, 2.45) is 0 Å². The lowest BCUT2D eigenvalue weighted by atomic mass is 9.97. The quantitative estimate of drug-likeness (QED) is 0.410. The van der Waals surface area contributed by atoms with Crippen molar-refractivity contribution in [3.8, 4) is 11.8 Å². The van der Waals surface area contributed by atoms with Gasteiger partial charge >= 0.3 is 6.09 Å². The smallest absolute Gasteiger partial charge is 0.410 e. The number of hydrogen-bond acceptors (Lipinski definition) is 7. The lowest BCUT2D eigenvalue weighted by Gasteiger charge is -2.45. The summed E-state index contributed by atoms with van der Waals surface area (Å²) in [7, 11) is 0. The number of anilines is 1. The Kier molecular flexibility index (Phi) is 7.08. The van der Waals surface area contributed by atoms with E-state index >= 15 is 0 Å². The number of nitrogens with zero attached hydrogens (tertiary/aromatic N) is 5. The van der Waals surface area contributed by atoms with E-state index in [0.717, 1.165) is 54.0 Å². The standard InChI is InChI=1S/C33H37N5O3/c1-22-18-37(29-10-9-25(17-34)31-28(29)6-5-13-35-31)20-27-21-40-30-16-24(7-8-26(30)19-38(22)27)23-11-14-36(15-12-23)32(39)41-33(2,3)4/h5-11,13,16,22,27H,12,14-15,18-21H2,1-4H3/t22-,27-/m1/s1. The molecule has 4 heterocycles. The normalized spacial score (nSPS) is 21.2. The summed E-state index contributed by atoms with van der Waals surface area (Å²) in [6.07, 6.45) is 4.40. The van der Waals surface area contributed by atoms with Gasteiger partial charge in [-0.25, -0.2) is 4.79 Å². The highest BCUT2D eigenvalue weighted by Crippen LogP contribution is 2.35. The second-order valence-corrected chi connectivity index (χ2v) is 12.3. The highest BCUT2D eigenvalue weighted by Gasteiger charge is 2.36. The van der Waals surface area contributed by atoms with Gasteiger partial charge in [-0.1, -0.05) is 18.2 Å². The first kappa shape index (κ1) is 27.1. The molecule has 1 fully saturated rings. The maximum atomic E-state index is 12.5. The molecule has 0 aliphatic carbocycles. The van der Waals surface area contributed by atoms with Crippen molar-refractivity contribution in [2.45, 2.75) is 58.3 Å². The zero-order chi connectivity index (χ0) is 28.7. The lowest BCUT2D eigenvalue weighted by Crippen LogP contribution is -2.58. The number of carbonyl (C=O) groups excluding carboxylic acids is 1. The van der Waals surface area contributed by atoms with Crippen molar-refractivity contribution in [2.75, 3.05) is 37.7 Å². The van der Waals surface area contributed by atoms with Crippen LogP contribution in [0.5, 0.6) is 5.75 Å². The molecule has 0 N–H and O–H groups in total. The Hall–Kier alpha value is -4.09. The minimum atomic E-state index is -0.496. The molecule has 0 radical (unpaired) electrons. The summed E-state index contributed by atoms with van der Waals surface area (Å²) >= 11 is 0. The van der Waals surface area contributed by atoms with Gasteiger partial charge in [0.25, 0.3) is 0 Å². The number of nitriles is 1. The maximum Gasteiger partial charge on any atom is 0.410 e. The van der Waals surface area contributed by atoms with E-state index in [1.165, 1.54) is 11.1 Å². The highest BCUT2D eigenvalue weighted by atomic mass is 16.6. The zero-order valence-corrected chi connectivity index (χ0v) is 24.3. The van der Waals surface area contributed by atoms with Crippen LogP contribution >= 0.6 is 0 Å². The first-order valence-corrected chi connectivity index (χ1v) is 14.4. The first-order chi connectivity index (χ1) is 19.7. The zero-order valence-electron chi connectivity index (χ0n) is 24.3. The van der Waals surface area contributed by atoms with Crippen molar-refractivity contribution in [1.29, 1.82) is 5.26 Å². The Bertz CT molecular complexity index is 1550.